The fraction of sp³-hybridized carbons (Fsp3) is 0. The quantitative estimate of drug-likeness (QED) is 0.491. The van der Waals surface area contributed by atoms with Gasteiger partial charge in [-0.2, -0.15) is 0 Å². The summed E-state index contributed by atoms with van der Waals surface area (Å²) in [6.07, 6.45) is 2.86. The van der Waals surface area contributed by atoms with Gasteiger partial charge in [0.25, 0.3) is 10.0 Å². The molecule has 148 valence electrons. The van der Waals surface area contributed by atoms with E-state index in [1.54, 1.807) is 42.5 Å². The number of nitrogens with one attached hydrogen (secondary N) is 2. The Hall–Kier alpha value is -2.97. The number of amides is 1. The molecule has 8 heteroatoms. The van der Waals surface area contributed by atoms with Crippen LogP contribution >= 0.6 is 15.9 Å². The maximum Gasteiger partial charge on any atom is 0.261 e. The molecule has 0 aliphatic carbocycles. The van der Waals surface area contributed by atoms with Gasteiger partial charge >= 0.3 is 0 Å². The summed E-state index contributed by atoms with van der Waals surface area (Å²) >= 11 is 3.29. The normalized spacial score (nSPS) is 11.4. The number of carbonyl (C=O) groups is 1. The minimum absolute atomic E-state index is 0.0697. The topological polar surface area (TPSA) is 75.3 Å². The maximum absolute atomic E-state index is 12.9. The molecule has 0 saturated heterocycles. The van der Waals surface area contributed by atoms with Gasteiger partial charge < -0.3 is 5.32 Å². The Balaban J connectivity index is 1.63. The number of halogens is 2. The van der Waals surface area contributed by atoms with E-state index in [0.29, 0.717) is 16.9 Å². The molecule has 0 heterocycles. The van der Waals surface area contributed by atoms with Gasteiger partial charge in [0, 0.05) is 21.9 Å². The molecule has 0 atom stereocenters. The fourth-order valence-electron chi connectivity index (χ4n) is 2.38. The lowest BCUT2D eigenvalue weighted by Crippen LogP contribution is -2.13. The van der Waals surface area contributed by atoms with E-state index in [9.17, 15) is 17.6 Å². The number of carbonyl (C=O) groups excluding carboxylic acids is 1. The summed E-state index contributed by atoms with van der Waals surface area (Å²) < 4.78 is 41.1. The molecule has 3 aromatic carbocycles. The standard InChI is InChI=1S/C21H16BrFN2O3S/c22-16-4-8-19(9-5-16)25-29(27,28)20-12-10-18(11-13-20)24-21(26)14-3-15-1-6-17(23)7-2-15/h1-14,25H,(H,24,26)/b14-3+. The summed E-state index contributed by atoms with van der Waals surface area (Å²) in [5, 5.41) is 2.64. The molecular formula is C21H16BrFN2O3S. The van der Waals surface area contributed by atoms with Crippen molar-refractivity contribution in [1.29, 1.82) is 0 Å². The highest BCUT2D eigenvalue weighted by Crippen LogP contribution is 2.20. The molecule has 0 aliphatic rings. The lowest BCUT2D eigenvalue weighted by Gasteiger charge is -2.09. The summed E-state index contributed by atoms with van der Waals surface area (Å²) in [5.41, 5.74) is 1.57. The van der Waals surface area contributed by atoms with Crippen LogP contribution in [0.15, 0.2) is 88.2 Å². The zero-order chi connectivity index (χ0) is 20.9. The number of hydrogen-bond acceptors (Lipinski definition) is 3. The molecular weight excluding hydrogens is 459 g/mol. The second-order valence-electron chi connectivity index (χ2n) is 6.01. The Morgan fingerprint density at radius 1 is 0.862 bits per heavy atom. The summed E-state index contributed by atoms with van der Waals surface area (Å²) in [6.45, 7) is 0. The average molecular weight is 475 g/mol. The highest BCUT2D eigenvalue weighted by Gasteiger charge is 2.14. The molecule has 0 aliphatic heterocycles. The molecule has 3 aromatic rings. The summed E-state index contributed by atoms with van der Waals surface area (Å²) in [4.78, 5) is 12.1. The minimum atomic E-state index is -3.74. The lowest BCUT2D eigenvalue weighted by molar-refractivity contribution is -0.111. The van der Waals surface area contributed by atoms with E-state index in [2.05, 4.69) is 26.0 Å². The average Bonchev–Trinajstić information content (AvgIpc) is 2.70. The van der Waals surface area contributed by atoms with Gasteiger partial charge in [-0.25, -0.2) is 12.8 Å². The Kier molecular flexibility index (Phi) is 6.46. The second kappa shape index (κ2) is 9.02. The largest absolute Gasteiger partial charge is 0.323 e. The highest BCUT2D eigenvalue weighted by molar-refractivity contribution is 9.10. The third-order valence-electron chi connectivity index (χ3n) is 3.83. The molecule has 0 saturated carbocycles. The molecule has 3 rings (SSSR count). The van der Waals surface area contributed by atoms with Gasteiger partial charge in [-0.15, -0.1) is 0 Å². The number of sulfonamides is 1. The van der Waals surface area contributed by atoms with Gasteiger partial charge in [0.2, 0.25) is 5.91 Å². The molecule has 0 bridgehead atoms. The van der Waals surface area contributed by atoms with Crippen molar-refractivity contribution in [2.24, 2.45) is 0 Å². The van der Waals surface area contributed by atoms with E-state index in [1.807, 2.05) is 0 Å². The third-order valence-corrected chi connectivity index (χ3v) is 5.75. The van der Waals surface area contributed by atoms with Gasteiger partial charge in [-0.1, -0.05) is 28.1 Å². The van der Waals surface area contributed by atoms with Crippen molar-refractivity contribution in [1.82, 2.24) is 0 Å². The Morgan fingerprint density at radius 3 is 2.07 bits per heavy atom. The van der Waals surface area contributed by atoms with Crippen molar-refractivity contribution in [2.75, 3.05) is 10.0 Å². The van der Waals surface area contributed by atoms with Crippen molar-refractivity contribution in [3.8, 4) is 0 Å². The van der Waals surface area contributed by atoms with Crippen molar-refractivity contribution < 1.29 is 17.6 Å². The van der Waals surface area contributed by atoms with Crippen LogP contribution in [0.25, 0.3) is 6.08 Å². The molecule has 0 radical (unpaired) electrons. The van der Waals surface area contributed by atoms with Gasteiger partial charge in [0.1, 0.15) is 5.82 Å². The molecule has 29 heavy (non-hydrogen) atoms. The molecule has 0 spiro atoms. The Bertz CT molecular complexity index is 1130. The van der Waals surface area contributed by atoms with E-state index in [4.69, 9.17) is 0 Å². The summed E-state index contributed by atoms with van der Waals surface area (Å²) in [7, 11) is -3.74. The molecule has 0 fully saturated rings. The van der Waals surface area contributed by atoms with E-state index in [1.165, 1.54) is 42.5 Å². The predicted octanol–water partition coefficient (Wildman–Crippen LogP) is 5.04. The van der Waals surface area contributed by atoms with Crippen LogP contribution < -0.4 is 10.0 Å². The van der Waals surface area contributed by atoms with E-state index < -0.39 is 15.9 Å². The van der Waals surface area contributed by atoms with Crippen molar-refractivity contribution in [3.63, 3.8) is 0 Å². The Morgan fingerprint density at radius 2 is 1.45 bits per heavy atom. The van der Waals surface area contributed by atoms with Crippen molar-refractivity contribution >= 4 is 49.3 Å². The highest BCUT2D eigenvalue weighted by atomic mass is 79.9. The number of rotatable bonds is 6. The second-order valence-corrected chi connectivity index (χ2v) is 8.61. The monoisotopic (exact) mass is 474 g/mol. The minimum Gasteiger partial charge on any atom is -0.323 e. The zero-order valence-corrected chi connectivity index (χ0v) is 17.4. The van der Waals surface area contributed by atoms with Gasteiger partial charge in [0.15, 0.2) is 0 Å². The number of anilines is 2. The zero-order valence-electron chi connectivity index (χ0n) is 15.0. The van der Waals surface area contributed by atoms with Crippen LogP contribution in [0, 0.1) is 5.82 Å². The van der Waals surface area contributed by atoms with Crippen LogP contribution in [0.3, 0.4) is 0 Å². The number of hydrogen-bond donors (Lipinski definition) is 2. The first-order valence-corrected chi connectivity index (χ1v) is 10.7. The first-order valence-electron chi connectivity index (χ1n) is 8.45. The van der Waals surface area contributed by atoms with E-state index in [-0.39, 0.29) is 10.7 Å². The lowest BCUT2D eigenvalue weighted by atomic mass is 10.2. The summed E-state index contributed by atoms with van der Waals surface area (Å²) in [6, 6.07) is 18.3. The maximum atomic E-state index is 12.9. The van der Waals surface area contributed by atoms with E-state index in [0.717, 1.165) is 4.47 Å². The smallest absolute Gasteiger partial charge is 0.261 e. The molecule has 2 N–H and O–H groups in total. The number of benzene rings is 3. The summed E-state index contributed by atoms with van der Waals surface area (Å²) in [5.74, 6) is -0.741. The van der Waals surface area contributed by atoms with Crippen molar-refractivity contribution in [3.05, 3.63) is 94.7 Å². The van der Waals surface area contributed by atoms with Crippen LogP contribution in [0.5, 0.6) is 0 Å². The predicted molar refractivity (Wildman–Crippen MR) is 115 cm³/mol. The van der Waals surface area contributed by atoms with Crippen LogP contribution in [0.4, 0.5) is 15.8 Å². The van der Waals surface area contributed by atoms with Crippen LogP contribution in [0.2, 0.25) is 0 Å². The fourth-order valence-corrected chi connectivity index (χ4v) is 3.70. The van der Waals surface area contributed by atoms with Crippen LogP contribution in [0.1, 0.15) is 5.56 Å². The van der Waals surface area contributed by atoms with Gasteiger partial charge in [-0.05, 0) is 72.3 Å². The first-order chi connectivity index (χ1) is 13.8. The van der Waals surface area contributed by atoms with Crippen LogP contribution in [-0.4, -0.2) is 14.3 Å². The van der Waals surface area contributed by atoms with Crippen LogP contribution in [-0.2, 0) is 14.8 Å². The molecule has 0 aromatic heterocycles. The molecule has 0 unspecified atom stereocenters. The SMILES string of the molecule is O=C(/C=C/c1ccc(F)cc1)Nc1ccc(S(=O)(=O)Nc2ccc(Br)cc2)cc1. The third kappa shape index (κ3) is 6.00. The molecule has 5 nitrogen and oxygen atoms in total. The van der Waals surface area contributed by atoms with Gasteiger partial charge in [-0.3, -0.25) is 9.52 Å². The molecule has 1 amide bonds. The first kappa shape index (κ1) is 20.8. The van der Waals surface area contributed by atoms with E-state index >= 15 is 0 Å². The Labute approximate surface area is 176 Å². The van der Waals surface area contributed by atoms with Gasteiger partial charge in [0.05, 0.1) is 4.90 Å². The van der Waals surface area contributed by atoms with Crippen molar-refractivity contribution in [2.45, 2.75) is 4.90 Å².